The Morgan fingerprint density at radius 2 is 2.06 bits per heavy atom. The van der Waals surface area contributed by atoms with Crippen molar-refractivity contribution in [2.75, 3.05) is 11.9 Å². The van der Waals surface area contributed by atoms with Gasteiger partial charge in [0.25, 0.3) is 5.91 Å². The molecule has 0 aliphatic heterocycles. The number of nitrogens with one attached hydrogen (secondary N) is 2. The van der Waals surface area contributed by atoms with Crippen LogP contribution in [0.15, 0.2) is 18.2 Å². The first-order valence-corrected chi connectivity index (χ1v) is 6.73. The first kappa shape index (κ1) is 14.6. The van der Waals surface area contributed by atoms with E-state index in [9.17, 15) is 4.79 Å². The number of benzene rings is 1. The molecule has 0 fully saturated rings. The van der Waals surface area contributed by atoms with Crippen molar-refractivity contribution in [1.82, 2.24) is 5.32 Å². The third-order valence-corrected chi connectivity index (χ3v) is 2.96. The Hall–Kier alpha value is -1.51. The average molecular weight is 248 g/mol. The monoisotopic (exact) mass is 248 g/mol. The van der Waals surface area contributed by atoms with Gasteiger partial charge in [-0.25, -0.2) is 0 Å². The van der Waals surface area contributed by atoms with Crippen LogP contribution in [-0.2, 0) is 0 Å². The van der Waals surface area contributed by atoms with Gasteiger partial charge in [0, 0.05) is 23.8 Å². The summed E-state index contributed by atoms with van der Waals surface area (Å²) in [5.41, 5.74) is 2.94. The van der Waals surface area contributed by atoms with E-state index in [-0.39, 0.29) is 5.91 Å². The number of carbonyl (C=O) groups excluding carboxylic acids is 1. The fourth-order valence-corrected chi connectivity index (χ4v) is 1.95. The summed E-state index contributed by atoms with van der Waals surface area (Å²) in [5, 5.41) is 6.29. The van der Waals surface area contributed by atoms with Gasteiger partial charge in [0.2, 0.25) is 0 Å². The number of anilines is 1. The first-order valence-electron chi connectivity index (χ1n) is 6.73. The lowest BCUT2D eigenvalue weighted by molar-refractivity contribution is 0.0956. The average Bonchev–Trinajstić information content (AvgIpc) is 2.32. The molecule has 1 unspecified atom stereocenters. The standard InChI is InChI=1S/C15H24N2O/c1-5-7-12(4)17-14-10-13(9-8-11(14)3)15(18)16-6-2/h8-10,12,17H,5-7H2,1-4H3,(H,16,18). The molecule has 3 heteroatoms. The molecule has 0 bridgehead atoms. The second-order valence-electron chi connectivity index (χ2n) is 4.72. The number of aryl methyl sites for hydroxylation is 1. The summed E-state index contributed by atoms with van der Waals surface area (Å²) >= 11 is 0. The van der Waals surface area contributed by atoms with Crippen LogP contribution >= 0.6 is 0 Å². The summed E-state index contributed by atoms with van der Waals surface area (Å²) in [4.78, 5) is 11.8. The molecular weight excluding hydrogens is 224 g/mol. The highest BCUT2D eigenvalue weighted by atomic mass is 16.1. The van der Waals surface area contributed by atoms with Crippen molar-refractivity contribution in [3.05, 3.63) is 29.3 Å². The molecule has 0 aromatic heterocycles. The molecule has 2 N–H and O–H groups in total. The fourth-order valence-electron chi connectivity index (χ4n) is 1.95. The Labute approximate surface area is 110 Å². The van der Waals surface area contributed by atoms with Crippen LogP contribution in [0.25, 0.3) is 0 Å². The normalized spacial score (nSPS) is 12.0. The van der Waals surface area contributed by atoms with E-state index < -0.39 is 0 Å². The summed E-state index contributed by atoms with van der Waals surface area (Å²) < 4.78 is 0. The molecule has 0 saturated carbocycles. The molecule has 0 spiro atoms. The Morgan fingerprint density at radius 1 is 1.33 bits per heavy atom. The minimum atomic E-state index is -0.0105. The predicted octanol–water partition coefficient (Wildman–Crippen LogP) is 3.35. The van der Waals surface area contributed by atoms with E-state index in [4.69, 9.17) is 0 Å². The van der Waals surface area contributed by atoms with Crippen LogP contribution in [0.1, 0.15) is 49.5 Å². The molecule has 0 aliphatic rings. The van der Waals surface area contributed by atoms with E-state index in [1.807, 2.05) is 25.1 Å². The van der Waals surface area contributed by atoms with Gasteiger partial charge in [0.05, 0.1) is 0 Å². The molecule has 1 amide bonds. The number of hydrogen-bond donors (Lipinski definition) is 2. The summed E-state index contributed by atoms with van der Waals surface area (Å²) in [7, 11) is 0. The summed E-state index contributed by atoms with van der Waals surface area (Å²) in [6.45, 7) is 8.98. The summed E-state index contributed by atoms with van der Waals surface area (Å²) in [6.07, 6.45) is 2.29. The lowest BCUT2D eigenvalue weighted by Crippen LogP contribution is -2.23. The fraction of sp³-hybridized carbons (Fsp3) is 0.533. The van der Waals surface area contributed by atoms with E-state index in [0.717, 1.165) is 18.5 Å². The SMILES string of the molecule is CCCC(C)Nc1cc(C(=O)NCC)ccc1C. The molecule has 0 saturated heterocycles. The van der Waals surface area contributed by atoms with Crippen molar-refractivity contribution in [3.63, 3.8) is 0 Å². The van der Waals surface area contributed by atoms with Crippen molar-refractivity contribution < 1.29 is 4.79 Å². The lowest BCUT2D eigenvalue weighted by Gasteiger charge is -2.17. The number of amides is 1. The molecule has 1 rings (SSSR count). The Kier molecular flexibility index (Phi) is 5.69. The molecule has 1 aromatic rings. The van der Waals surface area contributed by atoms with E-state index >= 15 is 0 Å². The maximum atomic E-state index is 11.8. The molecule has 0 heterocycles. The van der Waals surface area contributed by atoms with Crippen molar-refractivity contribution in [2.24, 2.45) is 0 Å². The smallest absolute Gasteiger partial charge is 0.251 e. The van der Waals surface area contributed by atoms with Crippen LogP contribution in [-0.4, -0.2) is 18.5 Å². The van der Waals surface area contributed by atoms with E-state index in [2.05, 4.69) is 31.4 Å². The maximum Gasteiger partial charge on any atom is 0.251 e. The van der Waals surface area contributed by atoms with Gasteiger partial charge in [0.15, 0.2) is 0 Å². The molecule has 100 valence electrons. The zero-order valence-corrected chi connectivity index (χ0v) is 11.8. The third-order valence-electron chi connectivity index (χ3n) is 2.96. The van der Waals surface area contributed by atoms with Gasteiger partial charge >= 0.3 is 0 Å². The number of carbonyl (C=O) groups is 1. The van der Waals surface area contributed by atoms with Gasteiger partial charge in [-0.05, 0) is 44.9 Å². The highest BCUT2D eigenvalue weighted by molar-refractivity contribution is 5.95. The van der Waals surface area contributed by atoms with E-state index in [1.54, 1.807) is 0 Å². The van der Waals surface area contributed by atoms with E-state index in [0.29, 0.717) is 18.2 Å². The summed E-state index contributed by atoms with van der Waals surface area (Å²) in [6, 6.07) is 6.23. The molecule has 0 aliphatic carbocycles. The summed E-state index contributed by atoms with van der Waals surface area (Å²) in [5.74, 6) is -0.0105. The van der Waals surface area contributed by atoms with Crippen LogP contribution in [0.2, 0.25) is 0 Å². The third kappa shape index (κ3) is 4.06. The van der Waals surface area contributed by atoms with Crippen molar-refractivity contribution >= 4 is 11.6 Å². The van der Waals surface area contributed by atoms with E-state index in [1.165, 1.54) is 5.56 Å². The van der Waals surface area contributed by atoms with Crippen LogP contribution < -0.4 is 10.6 Å². The van der Waals surface area contributed by atoms with Crippen LogP contribution in [0.4, 0.5) is 5.69 Å². The predicted molar refractivity (Wildman–Crippen MR) is 77.2 cm³/mol. The molecule has 3 nitrogen and oxygen atoms in total. The molecule has 0 radical (unpaired) electrons. The van der Waals surface area contributed by atoms with Gasteiger partial charge in [-0.15, -0.1) is 0 Å². The van der Waals surface area contributed by atoms with Crippen molar-refractivity contribution in [2.45, 2.75) is 46.6 Å². The van der Waals surface area contributed by atoms with Crippen LogP contribution in [0, 0.1) is 6.92 Å². The van der Waals surface area contributed by atoms with Crippen molar-refractivity contribution in [3.8, 4) is 0 Å². The number of hydrogen-bond acceptors (Lipinski definition) is 2. The minimum absolute atomic E-state index is 0.0105. The second kappa shape index (κ2) is 7.04. The Balaban J connectivity index is 2.84. The minimum Gasteiger partial charge on any atom is -0.382 e. The number of rotatable bonds is 6. The van der Waals surface area contributed by atoms with Gasteiger partial charge in [-0.1, -0.05) is 19.4 Å². The molecular formula is C15H24N2O. The molecule has 1 aromatic carbocycles. The van der Waals surface area contributed by atoms with Gasteiger partial charge < -0.3 is 10.6 Å². The Morgan fingerprint density at radius 3 is 2.67 bits per heavy atom. The first-order chi connectivity index (χ1) is 8.58. The van der Waals surface area contributed by atoms with Crippen LogP contribution in [0.5, 0.6) is 0 Å². The molecule has 18 heavy (non-hydrogen) atoms. The highest BCUT2D eigenvalue weighted by Gasteiger charge is 2.08. The maximum absolute atomic E-state index is 11.8. The van der Waals surface area contributed by atoms with Gasteiger partial charge in [-0.2, -0.15) is 0 Å². The second-order valence-corrected chi connectivity index (χ2v) is 4.72. The topological polar surface area (TPSA) is 41.1 Å². The van der Waals surface area contributed by atoms with Gasteiger partial charge in [-0.3, -0.25) is 4.79 Å². The zero-order chi connectivity index (χ0) is 13.5. The van der Waals surface area contributed by atoms with Crippen molar-refractivity contribution in [1.29, 1.82) is 0 Å². The quantitative estimate of drug-likeness (QED) is 0.810. The highest BCUT2D eigenvalue weighted by Crippen LogP contribution is 2.19. The largest absolute Gasteiger partial charge is 0.382 e. The Bertz CT molecular complexity index is 401. The van der Waals surface area contributed by atoms with Crippen LogP contribution in [0.3, 0.4) is 0 Å². The lowest BCUT2D eigenvalue weighted by atomic mass is 10.1. The molecule has 1 atom stereocenters. The zero-order valence-electron chi connectivity index (χ0n) is 11.8. The van der Waals surface area contributed by atoms with Gasteiger partial charge in [0.1, 0.15) is 0 Å².